The number of hydrazine groups is 1. The number of hydrogen-bond acceptors (Lipinski definition) is 9. The van der Waals surface area contributed by atoms with Crippen LogP contribution in [-0.4, -0.2) is 49.6 Å². The highest BCUT2D eigenvalue weighted by Crippen LogP contribution is 2.34. The molecule has 0 aliphatic heterocycles. The van der Waals surface area contributed by atoms with E-state index in [1.807, 2.05) is 13.8 Å². The van der Waals surface area contributed by atoms with Crippen molar-refractivity contribution in [1.29, 1.82) is 5.41 Å². The van der Waals surface area contributed by atoms with Gasteiger partial charge in [-0.25, -0.2) is 4.79 Å². The summed E-state index contributed by atoms with van der Waals surface area (Å²) in [4.78, 5) is 37.8. The summed E-state index contributed by atoms with van der Waals surface area (Å²) in [5, 5.41) is 10.5. The van der Waals surface area contributed by atoms with Gasteiger partial charge in [0.05, 0.1) is 25.4 Å². The molecule has 3 aromatic carbocycles. The molecule has 3 aromatic rings. The summed E-state index contributed by atoms with van der Waals surface area (Å²) in [5.74, 6) is -4.21. The lowest BCUT2D eigenvalue weighted by molar-refractivity contribution is -0.189. The number of alkyl halides is 3. The van der Waals surface area contributed by atoms with Crippen molar-refractivity contribution in [2.75, 3.05) is 19.0 Å². The third kappa shape index (κ3) is 9.26. The van der Waals surface area contributed by atoms with Crippen LogP contribution in [0.3, 0.4) is 0 Å². The lowest BCUT2D eigenvalue weighted by Gasteiger charge is -2.23. The SMILES string of the molecule is CCOc1cc(C(Nc2ccc(C(=N)N)c(OC(=O)C(F)(F)F)c2)C(=O)NNC(=O)c2cccc(OC)c2)ccc1OC(C)C. The Morgan fingerprint density at radius 3 is 2.31 bits per heavy atom. The number of carbonyl (C=O) groups is 3. The van der Waals surface area contributed by atoms with Gasteiger partial charge in [-0.1, -0.05) is 12.1 Å². The van der Waals surface area contributed by atoms with E-state index in [0.717, 1.165) is 12.1 Å². The van der Waals surface area contributed by atoms with E-state index in [0.29, 0.717) is 22.8 Å². The van der Waals surface area contributed by atoms with Crippen molar-refractivity contribution in [3.8, 4) is 23.0 Å². The van der Waals surface area contributed by atoms with Crippen LogP contribution in [0.4, 0.5) is 18.9 Å². The number of nitrogens with two attached hydrogens (primary N) is 1. The molecule has 0 heterocycles. The molecular weight excluding hydrogens is 599 g/mol. The summed E-state index contributed by atoms with van der Waals surface area (Å²) in [6.07, 6.45) is -5.52. The predicted molar refractivity (Wildman–Crippen MR) is 157 cm³/mol. The zero-order valence-corrected chi connectivity index (χ0v) is 24.7. The number of nitrogen functional groups attached to an aromatic ring is 1. The number of ether oxygens (including phenoxy) is 4. The maximum atomic E-state index is 13.5. The summed E-state index contributed by atoms with van der Waals surface area (Å²) in [6.45, 7) is 5.66. The van der Waals surface area contributed by atoms with Gasteiger partial charge in [-0.3, -0.25) is 25.8 Å². The lowest BCUT2D eigenvalue weighted by atomic mass is 10.0. The monoisotopic (exact) mass is 631 g/mol. The van der Waals surface area contributed by atoms with E-state index in [9.17, 15) is 27.6 Å². The van der Waals surface area contributed by atoms with Gasteiger partial charge in [0, 0.05) is 17.3 Å². The highest BCUT2D eigenvalue weighted by Gasteiger charge is 2.42. The molecule has 15 heteroatoms. The summed E-state index contributed by atoms with van der Waals surface area (Å²) in [5.41, 5.74) is 10.3. The Kier molecular flexibility index (Phi) is 11.2. The first-order chi connectivity index (χ1) is 21.2. The van der Waals surface area contributed by atoms with Crippen LogP contribution in [0, 0.1) is 5.41 Å². The Labute approximate surface area is 256 Å². The molecule has 240 valence electrons. The largest absolute Gasteiger partial charge is 0.497 e. The summed E-state index contributed by atoms with van der Waals surface area (Å²) >= 11 is 0. The normalized spacial score (nSPS) is 11.6. The number of amidine groups is 1. The minimum absolute atomic E-state index is 0.00436. The number of carbonyl (C=O) groups excluding carboxylic acids is 3. The molecule has 0 aliphatic carbocycles. The number of esters is 1. The van der Waals surface area contributed by atoms with Crippen molar-refractivity contribution in [2.45, 2.75) is 39.1 Å². The van der Waals surface area contributed by atoms with Gasteiger partial charge in [0.2, 0.25) is 0 Å². The molecule has 0 aromatic heterocycles. The maximum absolute atomic E-state index is 13.5. The molecule has 0 radical (unpaired) electrons. The van der Waals surface area contributed by atoms with Crippen LogP contribution in [0.2, 0.25) is 0 Å². The minimum atomic E-state index is -5.32. The van der Waals surface area contributed by atoms with E-state index in [2.05, 4.69) is 20.9 Å². The number of nitrogens with one attached hydrogen (secondary N) is 4. The number of benzene rings is 3. The Hall–Kier alpha value is -5.47. The molecule has 2 amide bonds. The van der Waals surface area contributed by atoms with Crippen LogP contribution in [-0.2, 0) is 9.59 Å². The van der Waals surface area contributed by atoms with Crippen molar-refractivity contribution in [3.63, 3.8) is 0 Å². The summed E-state index contributed by atoms with van der Waals surface area (Å²) in [7, 11) is 1.43. The molecule has 0 fully saturated rings. The minimum Gasteiger partial charge on any atom is -0.497 e. The van der Waals surface area contributed by atoms with Crippen LogP contribution in [0.5, 0.6) is 23.0 Å². The third-order valence-electron chi connectivity index (χ3n) is 5.87. The molecule has 45 heavy (non-hydrogen) atoms. The van der Waals surface area contributed by atoms with Crippen molar-refractivity contribution < 1.29 is 46.5 Å². The molecule has 0 aliphatic rings. The molecule has 0 saturated heterocycles. The fourth-order valence-corrected chi connectivity index (χ4v) is 3.89. The Morgan fingerprint density at radius 2 is 1.69 bits per heavy atom. The standard InChI is InChI=1S/C30H32F3N5O7/c1-5-43-24-14-17(9-12-22(24)44-16(2)3)25(28(40)38-37-27(39)18-7-6-8-20(13-18)42-4)36-19-10-11-21(26(34)35)23(15-19)45-29(41)30(31,32)33/h6-16,25,36H,5H2,1-4H3,(H3,34,35)(H,37,39)(H,38,40). The zero-order valence-electron chi connectivity index (χ0n) is 24.7. The van der Waals surface area contributed by atoms with Crippen molar-refractivity contribution >= 4 is 29.3 Å². The fourth-order valence-electron chi connectivity index (χ4n) is 3.89. The number of halogens is 3. The first kappa shape index (κ1) is 34.0. The van der Waals surface area contributed by atoms with E-state index in [4.69, 9.17) is 25.4 Å². The molecule has 6 N–H and O–H groups in total. The predicted octanol–water partition coefficient (Wildman–Crippen LogP) is 4.25. The number of rotatable bonds is 12. The Bertz CT molecular complexity index is 1560. The number of amides is 2. The van der Waals surface area contributed by atoms with E-state index in [1.165, 1.54) is 31.4 Å². The number of hydrogen-bond donors (Lipinski definition) is 5. The molecule has 0 saturated carbocycles. The molecule has 0 bridgehead atoms. The fraction of sp³-hybridized carbons (Fsp3) is 0.267. The average Bonchev–Trinajstić information content (AvgIpc) is 2.98. The first-order valence-corrected chi connectivity index (χ1v) is 13.4. The second-order valence-electron chi connectivity index (χ2n) is 9.57. The van der Waals surface area contributed by atoms with Gasteiger partial charge in [0.1, 0.15) is 23.4 Å². The van der Waals surface area contributed by atoms with E-state index in [1.54, 1.807) is 31.2 Å². The van der Waals surface area contributed by atoms with Gasteiger partial charge in [0.15, 0.2) is 11.5 Å². The highest BCUT2D eigenvalue weighted by atomic mass is 19.4. The van der Waals surface area contributed by atoms with Gasteiger partial charge in [0.25, 0.3) is 11.8 Å². The molecule has 3 rings (SSSR count). The van der Waals surface area contributed by atoms with Gasteiger partial charge < -0.3 is 30.0 Å². The van der Waals surface area contributed by atoms with Gasteiger partial charge >= 0.3 is 12.1 Å². The first-order valence-electron chi connectivity index (χ1n) is 13.4. The number of anilines is 1. The maximum Gasteiger partial charge on any atom is 0.491 e. The van der Waals surface area contributed by atoms with Crippen molar-refractivity contribution in [2.24, 2.45) is 5.73 Å². The van der Waals surface area contributed by atoms with E-state index < -0.39 is 41.6 Å². The average molecular weight is 632 g/mol. The number of methoxy groups -OCH3 is 1. The van der Waals surface area contributed by atoms with Crippen LogP contribution >= 0.6 is 0 Å². The van der Waals surface area contributed by atoms with Crippen LogP contribution in [0.25, 0.3) is 0 Å². The quantitative estimate of drug-likeness (QED) is 0.0644. The molecule has 1 unspecified atom stereocenters. The van der Waals surface area contributed by atoms with Crippen LogP contribution in [0.15, 0.2) is 60.7 Å². The van der Waals surface area contributed by atoms with E-state index in [-0.39, 0.29) is 29.5 Å². The molecule has 1 atom stereocenters. The Morgan fingerprint density at radius 1 is 0.956 bits per heavy atom. The second-order valence-corrected chi connectivity index (χ2v) is 9.57. The molecular formula is C30H32F3N5O7. The Balaban J connectivity index is 2.00. The lowest BCUT2D eigenvalue weighted by Crippen LogP contribution is -2.45. The second kappa shape index (κ2) is 14.8. The van der Waals surface area contributed by atoms with Crippen LogP contribution in [0.1, 0.15) is 48.3 Å². The smallest absolute Gasteiger partial charge is 0.491 e. The molecule has 0 spiro atoms. The zero-order chi connectivity index (χ0) is 33.3. The summed E-state index contributed by atoms with van der Waals surface area (Å²) < 4.78 is 59.9. The highest BCUT2D eigenvalue weighted by molar-refractivity contribution is 5.99. The summed E-state index contributed by atoms with van der Waals surface area (Å²) in [6, 6.07) is 13.0. The van der Waals surface area contributed by atoms with E-state index >= 15 is 0 Å². The van der Waals surface area contributed by atoms with Gasteiger partial charge in [-0.2, -0.15) is 13.2 Å². The van der Waals surface area contributed by atoms with Gasteiger partial charge in [-0.15, -0.1) is 0 Å². The van der Waals surface area contributed by atoms with Crippen LogP contribution < -0.4 is 40.8 Å². The molecule has 12 nitrogen and oxygen atoms in total. The third-order valence-corrected chi connectivity index (χ3v) is 5.87. The van der Waals surface area contributed by atoms with Crippen molar-refractivity contribution in [3.05, 3.63) is 77.4 Å². The van der Waals surface area contributed by atoms with Gasteiger partial charge in [-0.05, 0) is 68.8 Å². The topological polar surface area (TPSA) is 174 Å². The van der Waals surface area contributed by atoms with Crippen molar-refractivity contribution in [1.82, 2.24) is 10.9 Å².